The predicted molar refractivity (Wildman–Crippen MR) is 106 cm³/mol. The predicted octanol–water partition coefficient (Wildman–Crippen LogP) is 3.81. The SMILES string of the molecule is CCCCCNC(=O)c1cc(-c2cccn2C)nn1-c1ccc(OC)cc1. The molecule has 142 valence electrons. The average molecular weight is 366 g/mol. The highest BCUT2D eigenvalue weighted by atomic mass is 16.5. The molecule has 0 atom stereocenters. The maximum Gasteiger partial charge on any atom is 0.270 e. The van der Waals surface area contributed by atoms with Crippen LogP contribution in [-0.2, 0) is 7.05 Å². The summed E-state index contributed by atoms with van der Waals surface area (Å²) in [5, 5.41) is 7.71. The molecule has 0 aliphatic heterocycles. The fourth-order valence-corrected chi connectivity index (χ4v) is 2.98. The highest BCUT2D eigenvalue weighted by Gasteiger charge is 2.18. The quantitative estimate of drug-likeness (QED) is 0.617. The number of benzene rings is 1. The van der Waals surface area contributed by atoms with E-state index in [2.05, 4.69) is 12.2 Å². The molecule has 27 heavy (non-hydrogen) atoms. The molecule has 0 spiro atoms. The molecule has 6 heteroatoms. The Hall–Kier alpha value is -3.02. The van der Waals surface area contributed by atoms with Crippen LogP contribution in [0.4, 0.5) is 0 Å². The highest BCUT2D eigenvalue weighted by Crippen LogP contribution is 2.23. The van der Waals surface area contributed by atoms with Crippen LogP contribution in [0.5, 0.6) is 5.75 Å². The first-order chi connectivity index (χ1) is 13.1. The minimum absolute atomic E-state index is 0.116. The Balaban J connectivity index is 1.94. The molecule has 2 aromatic heterocycles. The third-order valence-corrected chi connectivity index (χ3v) is 4.53. The van der Waals surface area contributed by atoms with E-state index < -0.39 is 0 Å². The average Bonchev–Trinajstić information content (AvgIpc) is 3.31. The second-order valence-corrected chi connectivity index (χ2v) is 6.49. The molecule has 3 aromatic rings. The van der Waals surface area contributed by atoms with E-state index in [0.717, 1.165) is 42.1 Å². The van der Waals surface area contributed by atoms with Gasteiger partial charge in [0.1, 0.15) is 17.1 Å². The van der Waals surface area contributed by atoms with Crippen molar-refractivity contribution in [2.75, 3.05) is 13.7 Å². The number of aromatic nitrogens is 3. The zero-order valence-electron chi connectivity index (χ0n) is 16.1. The van der Waals surface area contributed by atoms with Crippen LogP contribution < -0.4 is 10.1 Å². The summed E-state index contributed by atoms with van der Waals surface area (Å²) in [5.74, 6) is 0.647. The Morgan fingerprint density at radius 1 is 1.19 bits per heavy atom. The summed E-state index contributed by atoms with van der Waals surface area (Å²) in [6.45, 7) is 2.81. The van der Waals surface area contributed by atoms with E-state index in [4.69, 9.17) is 9.84 Å². The number of nitrogens with one attached hydrogen (secondary N) is 1. The van der Waals surface area contributed by atoms with Crippen LogP contribution in [0.25, 0.3) is 17.1 Å². The molecular formula is C21H26N4O2. The standard InChI is InChI=1S/C21H26N4O2/c1-4-5-6-13-22-21(26)20-15-18(19-8-7-14-24(19)2)23-25(20)16-9-11-17(27-3)12-10-16/h7-12,14-15H,4-6,13H2,1-3H3,(H,22,26). The molecule has 2 heterocycles. The molecule has 0 aliphatic carbocycles. The lowest BCUT2D eigenvalue weighted by Crippen LogP contribution is -2.26. The first-order valence-corrected chi connectivity index (χ1v) is 9.28. The molecule has 1 amide bonds. The highest BCUT2D eigenvalue weighted by molar-refractivity contribution is 5.94. The molecule has 0 bridgehead atoms. The smallest absolute Gasteiger partial charge is 0.270 e. The number of nitrogens with zero attached hydrogens (tertiary/aromatic N) is 3. The van der Waals surface area contributed by atoms with E-state index in [1.165, 1.54) is 0 Å². The van der Waals surface area contributed by atoms with Gasteiger partial charge in [0.15, 0.2) is 0 Å². The fraction of sp³-hybridized carbons (Fsp3) is 0.333. The topological polar surface area (TPSA) is 61.1 Å². The number of rotatable bonds is 8. The van der Waals surface area contributed by atoms with Crippen molar-refractivity contribution in [2.45, 2.75) is 26.2 Å². The molecule has 0 aliphatic rings. The third-order valence-electron chi connectivity index (χ3n) is 4.53. The number of amides is 1. The molecule has 1 aromatic carbocycles. The van der Waals surface area contributed by atoms with Gasteiger partial charge in [-0.15, -0.1) is 0 Å². The summed E-state index contributed by atoms with van der Waals surface area (Å²) in [6.07, 6.45) is 5.17. The Morgan fingerprint density at radius 3 is 2.59 bits per heavy atom. The zero-order valence-corrected chi connectivity index (χ0v) is 16.1. The van der Waals surface area contributed by atoms with Gasteiger partial charge in [-0.05, 0) is 48.9 Å². The zero-order chi connectivity index (χ0) is 19.2. The summed E-state index contributed by atoms with van der Waals surface area (Å²) in [7, 11) is 3.60. The monoisotopic (exact) mass is 366 g/mol. The van der Waals surface area contributed by atoms with Crippen molar-refractivity contribution >= 4 is 5.91 Å². The van der Waals surface area contributed by atoms with Crippen molar-refractivity contribution in [3.05, 3.63) is 54.4 Å². The van der Waals surface area contributed by atoms with Gasteiger partial charge in [-0.25, -0.2) is 4.68 Å². The van der Waals surface area contributed by atoms with Gasteiger partial charge in [-0.3, -0.25) is 4.79 Å². The molecule has 6 nitrogen and oxygen atoms in total. The largest absolute Gasteiger partial charge is 0.497 e. The van der Waals surface area contributed by atoms with Gasteiger partial charge in [0, 0.05) is 19.8 Å². The van der Waals surface area contributed by atoms with Crippen molar-refractivity contribution in [1.82, 2.24) is 19.7 Å². The van der Waals surface area contributed by atoms with Crippen LogP contribution >= 0.6 is 0 Å². The van der Waals surface area contributed by atoms with Gasteiger partial charge >= 0.3 is 0 Å². The van der Waals surface area contributed by atoms with Gasteiger partial charge in [0.05, 0.1) is 18.5 Å². The van der Waals surface area contributed by atoms with Crippen molar-refractivity contribution in [3.63, 3.8) is 0 Å². The summed E-state index contributed by atoms with van der Waals surface area (Å²) in [6, 6.07) is 13.3. The van der Waals surface area contributed by atoms with Crippen LogP contribution in [0.1, 0.15) is 36.7 Å². The molecular weight excluding hydrogens is 340 g/mol. The van der Waals surface area contributed by atoms with Gasteiger partial charge in [0.2, 0.25) is 0 Å². The Bertz CT molecular complexity index is 893. The minimum atomic E-state index is -0.116. The Morgan fingerprint density at radius 2 is 1.96 bits per heavy atom. The second kappa shape index (κ2) is 8.58. The van der Waals surface area contributed by atoms with Crippen molar-refractivity contribution in [2.24, 2.45) is 7.05 Å². The van der Waals surface area contributed by atoms with E-state index in [0.29, 0.717) is 12.2 Å². The van der Waals surface area contributed by atoms with E-state index in [9.17, 15) is 4.79 Å². The number of hydrogen-bond donors (Lipinski definition) is 1. The van der Waals surface area contributed by atoms with E-state index >= 15 is 0 Å². The molecule has 0 saturated heterocycles. The summed E-state index contributed by atoms with van der Waals surface area (Å²) >= 11 is 0. The van der Waals surface area contributed by atoms with Crippen molar-refractivity contribution < 1.29 is 9.53 Å². The molecule has 1 N–H and O–H groups in total. The normalized spacial score (nSPS) is 10.8. The first kappa shape index (κ1) is 18.8. The Kier molecular flexibility index (Phi) is 5.96. The number of carbonyl (C=O) groups excluding carboxylic acids is 1. The lowest BCUT2D eigenvalue weighted by molar-refractivity contribution is 0.0945. The third kappa shape index (κ3) is 4.22. The maximum atomic E-state index is 12.8. The second-order valence-electron chi connectivity index (χ2n) is 6.49. The molecule has 3 rings (SSSR count). The number of unbranched alkanes of at least 4 members (excludes halogenated alkanes) is 2. The van der Waals surface area contributed by atoms with Crippen LogP contribution in [0.15, 0.2) is 48.7 Å². The molecule has 0 unspecified atom stereocenters. The van der Waals surface area contributed by atoms with Crippen LogP contribution in [0.3, 0.4) is 0 Å². The number of aryl methyl sites for hydroxylation is 1. The van der Waals surface area contributed by atoms with E-state index in [1.807, 2.05) is 60.3 Å². The first-order valence-electron chi connectivity index (χ1n) is 9.28. The number of ether oxygens (including phenoxy) is 1. The lowest BCUT2D eigenvalue weighted by atomic mass is 10.2. The molecule has 0 saturated carbocycles. The summed E-state index contributed by atoms with van der Waals surface area (Å²) < 4.78 is 8.91. The van der Waals surface area contributed by atoms with Crippen molar-refractivity contribution in [3.8, 4) is 22.8 Å². The van der Waals surface area contributed by atoms with Gasteiger partial charge in [-0.2, -0.15) is 5.10 Å². The summed E-state index contributed by atoms with van der Waals surface area (Å²) in [5.41, 5.74) is 3.06. The number of carbonyl (C=O) groups is 1. The number of methoxy groups -OCH3 is 1. The van der Waals surface area contributed by atoms with Crippen LogP contribution in [0.2, 0.25) is 0 Å². The van der Waals surface area contributed by atoms with Crippen LogP contribution in [-0.4, -0.2) is 33.9 Å². The lowest BCUT2D eigenvalue weighted by Gasteiger charge is -2.09. The summed E-state index contributed by atoms with van der Waals surface area (Å²) in [4.78, 5) is 12.8. The van der Waals surface area contributed by atoms with Crippen LogP contribution in [0, 0.1) is 0 Å². The van der Waals surface area contributed by atoms with E-state index in [1.54, 1.807) is 11.8 Å². The van der Waals surface area contributed by atoms with Crippen molar-refractivity contribution in [1.29, 1.82) is 0 Å². The van der Waals surface area contributed by atoms with Gasteiger partial charge in [-0.1, -0.05) is 19.8 Å². The molecule has 0 fully saturated rings. The number of hydrogen-bond acceptors (Lipinski definition) is 3. The minimum Gasteiger partial charge on any atom is -0.497 e. The van der Waals surface area contributed by atoms with E-state index in [-0.39, 0.29) is 5.91 Å². The van der Waals surface area contributed by atoms with Gasteiger partial charge in [0.25, 0.3) is 5.91 Å². The van der Waals surface area contributed by atoms with Gasteiger partial charge < -0.3 is 14.6 Å². The fourth-order valence-electron chi connectivity index (χ4n) is 2.98. The maximum absolute atomic E-state index is 12.8. The molecule has 0 radical (unpaired) electrons. The Labute approximate surface area is 159 Å².